The molecule has 0 atom stereocenters. The first-order valence-corrected chi connectivity index (χ1v) is 6.46. The third kappa shape index (κ3) is 2.79. The average molecular weight is 278 g/mol. The van der Waals surface area contributed by atoms with E-state index < -0.39 is 0 Å². The molecule has 3 rings (SSSR count). The summed E-state index contributed by atoms with van der Waals surface area (Å²) in [5.74, 6) is 0.622. The number of fused-ring (bicyclic) bond motifs is 1. The van der Waals surface area contributed by atoms with Crippen LogP contribution in [-0.2, 0) is 0 Å². The van der Waals surface area contributed by atoms with Gasteiger partial charge in [0.15, 0.2) is 0 Å². The van der Waals surface area contributed by atoms with Gasteiger partial charge in [-0.05, 0) is 30.7 Å². The Labute approximate surface area is 121 Å². The first-order valence-electron chi connectivity index (χ1n) is 6.46. The fourth-order valence-corrected chi connectivity index (χ4v) is 1.99. The zero-order valence-corrected chi connectivity index (χ0v) is 11.5. The SMILES string of the molecule is Cc1ccc2nc(-c3ccc(N/N=C\C=N)nc3)cn2c1. The Morgan fingerprint density at radius 3 is 2.90 bits per heavy atom. The second-order valence-electron chi connectivity index (χ2n) is 4.59. The molecule has 0 aromatic carbocycles. The van der Waals surface area contributed by atoms with Gasteiger partial charge < -0.3 is 9.81 Å². The molecule has 3 aromatic rings. The Bertz CT molecular complexity index is 801. The molecule has 21 heavy (non-hydrogen) atoms. The molecule has 3 aromatic heterocycles. The summed E-state index contributed by atoms with van der Waals surface area (Å²) in [6, 6.07) is 7.79. The maximum Gasteiger partial charge on any atom is 0.146 e. The smallest absolute Gasteiger partial charge is 0.146 e. The van der Waals surface area contributed by atoms with E-state index in [2.05, 4.69) is 27.4 Å². The van der Waals surface area contributed by atoms with Crippen LogP contribution in [0.1, 0.15) is 5.56 Å². The normalized spacial score (nSPS) is 11.1. The van der Waals surface area contributed by atoms with Crippen molar-refractivity contribution in [3.05, 3.63) is 48.4 Å². The van der Waals surface area contributed by atoms with Gasteiger partial charge in [-0.2, -0.15) is 5.10 Å². The zero-order chi connectivity index (χ0) is 14.7. The maximum atomic E-state index is 6.84. The van der Waals surface area contributed by atoms with Crippen LogP contribution in [0.5, 0.6) is 0 Å². The third-order valence-corrected chi connectivity index (χ3v) is 2.99. The van der Waals surface area contributed by atoms with Crippen molar-refractivity contribution in [2.75, 3.05) is 5.43 Å². The summed E-state index contributed by atoms with van der Waals surface area (Å²) in [4.78, 5) is 8.84. The van der Waals surface area contributed by atoms with E-state index in [1.54, 1.807) is 6.20 Å². The van der Waals surface area contributed by atoms with Crippen LogP contribution in [0.4, 0.5) is 5.82 Å². The van der Waals surface area contributed by atoms with Crippen molar-refractivity contribution in [2.24, 2.45) is 5.10 Å². The van der Waals surface area contributed by atoms with Gasteiger partial charge in [-0.15, -0.1) is 0 Å². The highest BCUT2D eigenvalue weighted by Gasteiger charge is 2.05. The van der Waals surface area contributed by atoms with Crippen molar-refractivity contribution < 1.29 is 0 Å². The molecule has 0 aliphatic heterocycles. The number of hydrazone groups is 1. The Kier molecular flexibility index (Phi) is 3.42. The van der Waals surface area contributed by atoms with E-state index in [9.17, 15) is 0 Å². The highest BCUT2D eigenvalue weighted by atomic mass is 15.3. The molecule has 0 radical (unpaired) electrons. The zero-order valence-electron chi connectivity index (χ0n) is 11.5. The number of anilines is 1. The van der Waals surface area contributed by atoms with Crippen molar-refractivity contribution in [2.45, 2.75) is 6.92 Å². The van der Waals surface area contributed by atoms with Gasteiger partial charge >= 0.3 is 0 Å². The van der Waals surface area contributed by atoms with Crippen molar-refractivity contribution in [3.8, 4) is 11.3 Å². The fourth-order valence-electron chi connectivity index (χ4n) is 1.99. The number of hydrogen-bond donors (Lipinski definition) is 2. The van der Waals surface area contributed by atoms with Crippen LogP contribution >= 0.6 is 0 Å². The number of hydrogen-bond acceptors (Lipinski definition) is 5. The molecular weight excluding hydrogens is 264 g/mol. The van der Waals surface area contributed by atoms with E-state index in [1.165, 1.54) is 11.8 Å². The van der Waals surface area contributed by atoms with Gasteiger partial charge in [-0.3, -0.25) is 5.43 Å². The molecular formula is C15H14N6. The van der Waals surface area contributed by atoms with Crippen molar-refractivity contribution in [1.29, 1.82) is 5.41 Å². The van der Waals surface area contributed by atoms with Gasteiger partial charge in [0, 0.05) is 30.4 Å². The van der Waals surface area contributed by atoms with Gasteiger partial charge in [-0.25, -0.2) is 9.97 Å². The molecule has 0 unspecified atom stereocenters. The number of imidazole rings is 1. The molecule has 0 bridgehead atoms. The predicted octanol–water partition coefficient (Wildman–Crippen LogP) is 2.75. The van der Waals surface area contributed by atoms with Crippen molar-refractivity contribution >= 4 is 23.9 Å². The lowest BCUT2D eigenvalue weighted by Crippen LogP contribution is -1.92. The Morgan fingerprint density at radius 2 is 2.14 bits per heavy atom. The lowest BCUT2D eigenvalue weighted by molar-refractivity contribution is 1.16. The molecule has 0 fully saturated rings. The third-order valence-electron chi connectivity index (χ3n) is 2.99. The highest BCUT2D eigenvalue weighted by molar-refractivity contribution is 6.14. The minimum atomic E-state index is 0.622. The van der Waals surface area contributed by atoms with Crippen LogP contribution < -0.4 is 5.43 Å². The molecule has 6 heteroatoms. The number of pyridine rings is 2. The van der Waals surface area contributed by atoms with Crippen molar-refractivity contribution in [1.82, 2.24) is 14.4 Å². The van der Waals surface area contributed by atoms with E-state index in [4.69, 9.17) is 5.41 Å². The molecule has 6 nitrogen and oxygen atoms in total. The topological polar surface area (TPSA) is 78.4 Å². The van der Waals surface area contributed by atoms with Gasteiger partial charge in [-0.1, -0.05) is 6.07 Å². The molecule has 0 amide bonds. The number of rotatable bonds is 4. The summed E-state index contributed by atoms with van der Waals surface area (Å²) in [7, 11) is 0. The molecule has 0 saturated heterocycles. The summed E-state index contributed by atoms with van der Waals surface area (Å²) < 4.78 is 2.01. The average Bonchev–Trinajstić information content (AvgIpc) is 2.91. The second kappa shape index (κ2) is 5.54. The summed E-state index contributed by atoms with van der Waals surface area (Å²) >= 11 is 0. The molecule has 0 spiro atoms. The molecule has 104 valence electrons. The molecule has 0 saturated carbocycles. The first kappa shape index (κ1) is 13.0. The predicted molar refractivity (Wildman–Crippen MR) is 84.1 cm³/mol. The van der Waals surface area contributed by atoms with Crippen LogP contribution in [0.2, 0.25) is 0 Å². The summed E-state index contributed by atoms with van der Waals surface area (Å²) in [5.41, 5.74) is 6.66. The van der Waals surface area contributed by atoms with E-state index in [0.29, 0.717) is 5.82 Å². The molecule has 0 aliphatic carbocycles. The van der Waals surface area contributed by atoms with Gasteiger partial charge in [0.05, 0.1) is 11.9 Å². The van der Waals surface area contributed by atoms with E-state index in [-0.39, 0.29) is 0 Å². The highest BCUT2D eigenvalue weighted by Crippen LogP contribution is 2.19. The van der Waals surface area contributed by atoms with Crippen LogP contribution in [0.25, 0.3) is 16.9 Å². The minimum Gasteiger partial charge on any atom is -0.307 e. The molecule has 0 aliphatic rings. The van der Waals surface area contributed by atoms with Crippen LogP contribution in [0.15, 0.2) is 48.0 Å². The monoisotopic (exact) mass is 278 g/mol. The standard InChI is InChI=1S/C15H14N6/c1-11-2-5-15-19-13(10-21(15)9-11)12-3-4-14(17-8-12)20-18-7-6-16/h2-10,16H,1H3,(H,17,20)/b16-6?,18-7-. The largest absolute Gasteiger partial charge is 0.307 e. The van der Waals surface area contributed by atoms with E-state index >= 15 is 0 Å². The minimum absolute atomic E-state index is 0.622. The maximum absolute atomic E-state index is 6.84. The summed E-state index contributed by atoms with van der Waals surface area (Å²) in [6.07, 6.45) is 8.22. The molecule has 3 heterocycles. The number of aromatic nitrogens is 3. The molecule has 2 N–H and O–H groups in total. The second-order valence-corrected chi connectivity index (χ2v) is 4.59. The summed E-state index contributed by atoms with van der Waals surface area (Å²) in [5, 5.41) is 10.6. The van der Waals surface area contributed by atoms with E-state index in [1.807, 2.05) is 41.1 Å². The fraction of sp³-hybridized carbons (Fsp3) is 0.0667. The van der Waals surface area contributed by atoms with Crippen LogP contribution in [0.3, 0.4) is 0 Å². The number of nitrogens with one attached hydrogen (secondary N) is 2. The van der Waals surface area contributed by atoms with Gasteiger partial charge in [0.25, 0.3) is 0 Å². The van der Waals surface area contributed by atoms with Gasteiger partial charge in [0.1, 0.15) is 11.5 Å². The first-order chi connectivity index (χ1) is 10.3. The number of nitrogens with zero attached hydrogens (tertiary/aromatic N) is 4. The number of aryl methyl sites for hydroxylation is 1. The van der Waals surface area contributed by atoms with Crippen LogP contribution in [-0.4, -0.2) is 26.8 Å². The lowest BCUT2D eigenvalue weighted by atomic mass is 10.2. The van der Waals surface area contributed by atoms with Crippen molar-refractivity contribution in [3.63, 3.8) is 0 Å². The van der Waals surface area contributed by atoms with Crippen LogP contribution in [0, 0.1) is 12.3 Å². The Morgan fingerprint density at radius 1 is 1.24 bits per heavy atom. The Balaban J connectivity index is 1.88. The lowest BCUT2D eigenvalue weighted by Gasteiger charge is -1.99. The summed E-state index contributed by atoms with van der Waals surface area (Å²) in [6.45, 7) is 2.05. The van der Waals surface area contributed by atoms with Gasteiger partial charge in [0.2, 0.25) is 0 Å². The van der Waals surface area contributed by atoms with E-state index in [0.717, 1.165) is 23.1 Å². The quantitative estimate of drug-likeness (QED) is 0.569. The Hall–Kier alpha value is -3.02.